The topological polar surface area (TPSA) is 29.5 Å². The van der Waals surface area contributed by atoms with Crippen LogP contribution in [0.5, 0.6) is 0 Å². The quantitative estimate of drug-likeness (QED) is 0.405. The van der Waals surface area contributed by atoms with Crippen molar-refractivity contribution in [3.63, 3.8) is 0 Å². The molecule has 2 aliphatic rings. The lowest BCUT2D eigenvalue weighted by Gasteiger charge is -2.21. The predicted octanol–water partition coefficient (Wildman–Crippen LogP) is 3.94. The first-order valence-corrected chi connectivity index (χ1v) is 8.26. The van der Waals surface area contributed by atoms with E-state index in [4.69, 9.17) is 4.74 Å². The fraction of sp³-hybridized carbons (Fsp3) is 0.550. The number of likely N-dealkylation sites (N-methyl/N-ethyl adjacent to an activating group) is 1. The number of rotatable bonds is 7. The van der Waals surface area contributed by atoms with Crippen LogP contribution in [0.2, 0.25) is 0 Å². The maximum atomic E-state index is 10.1. The third kappa shape index (κ3) is 8.30. The molecule has 1 fully saturated rings. The molecule has 0 heterocycles. The molecule has 2 atom stereocenters. The monoisotopic (exact) mass is 315 g/mol. The predicted molar refractivity (Wildman–Crippen MR) is 95.6 cm³/mol. The number of carbonyl (C=O) groups is 1. The summed E-state index contributed by atoms with van der Waals surface area (Å²) in [5.74, 6) is 8.92. The Balaban J connectivity index is 0.000000235. The second-order valence-corrected chi connectivity index (χ2v) is 6.13. The first-order valence-electron chi connectivity index (χ1n) is 8.26. The van der Waals surface area contributed by atoms with Crippen LogP contribution in [0.15, 0.2) is 36.8 Å². The van der Waals surface area contributed by atoms with Crippen molar-refractivity contribution in [2.75, 3.05) is 20.7 Å². The minimum Gasteiger partial charge on any atom is -0.500 e. The lowest BCUT2D eigenvalue weighted by atomic mass is 10.1. The van der Waals surface area contributed by atoms with Gasteiger partial charge in [-0.2, -0.15) is 0 Å². The van der Waals surface area contributed by atoms with Gasteiger partial charge in [-0.05, 0) is 43.6 Å². The third-order valence-electron chi connectivity index (χ3n) is 4.23. The summed E-state index contributed by atoms with van der Waals surface area (Å²) in [5.41, 5.74) is 0.922. The zero-order chi connectivity index (χ0) is 17.1. The van der Waals surface area contributed by atoms with Crippen molar-refractivity contribution in [2.24, 2.45) is 11.8 Å². The molecule has 0 aliphatic heterocycles. The fourth-order valence-corrected chi connectivity index (χ4v) is 2.47. The molecule has 0 aromatic rings. The number of methoxy groups -OCH3 is 1. The Labute approximate surface area is 141 Å². The Kier molecular flexibility index (Phi) is 8.90. The number of ether oxygens (including phenoxy) is 1. The molecule has 2 aliphatic carbocycles. The normalized spacial score (nSPS) is 22.2. The summed E-state index contributed by atoms with van der Waals surface area (Å²) < 4.78 is 4.93. The maximum Gasteiger partial charge on any atom is 0.120 e. The summed E-state index contributed by atoms with van der Waals surface area (Å²) in [6.07, 6.45) is 11.5. The van der Waals surface area contributed by atoms with Crippen LogP contribution in [-0.4, -0.2) is 31.9 Å². The molecule has 0 N–H and O–H groups in total. The van der Waals surface area contributed by atoms with Crippen molar-refractivity contribution in [1.29, 1.82) is 0 Å². The van der Waals surface area contributed by atoms with Gasteiger partial charge in [-0.25, -0.2) is 0 Å². The van der Waals surface area contributed by atoms with Gasteiger partial charge >= 0.3 is 0 Å². The molecule has 3 heteroatoms. The molecule has 23 heavy (non-hydrogen) atoms. The number of allylic oxidation sites excluding steroid dienone is 3. The van der Waals surface area contributed by atoms with Crippen molar-refractivity contribution in [1.82, 2.24) is 4.90 Å². The average molecular weight is 315 g/mol. The number of carbonyl (C=O) groups excluding carboxylic acids is 1. The Bertz CT molecular complexity index is 496. The molecule has 0 bridgehead atoms. The van der Waals surface area contributed by atoms with E-state index in [1.807, 2.05) is 18.0 Å². The molecule has 0 spiro atoms. The lowest BCUT2D eigenvalue weighted by Crippen LogP contribution is -2.20. The molecule has 1 saturated carbocycles. The van der Waals surface area contributed by atoms with Gasteiger partial charge in [0.25, 0.3) is 0 Å². The summed E-state index contributed by atoms with van der Waals surface area (Å²) in [7, 11) is 3.49. The van der Waals surface area contributed by atoms with Gasteiger partial charge in [0.1, 0.15) is 12.0 Å². The zero-order valence-corrected chi connectivity index (χ0v) is 14.5. The van der Waals surface area contributed by atoms with E-state index in [2.05, 4.69) is 31.1 Å². The molecule has 2 unspecified atom stereocenters. The first-order chi connectivity index (χ1) is 11.1. The standard InChI is InChI=1S/C10H17NO2.C10H12/c1-9(6-5-7-12)11(3)8-10(2)13-4;1-2-4-6-9-8-10(9)7-5-3-1/h7H,1-2,5-6,8H2,3-4H3;1-2,9-10H,4,6-8H2/b;2-1-. The number of hydrogen-bond acceptors (Lipinski definition) is 3. The second kappa shape index (κ2) is 10.7. The molecule has 2 rings (SSSR count). The van der Waals surface area contributed by atoms with Gasteiger partial charge in [0.15, 0.2) is 0 Å². The van der Waals surface area contributed by atoms with E-state index in [0.29, 0.717) is 25.1 Å². The van der Waals surface area contributed by atoms with Crippen molar-refractivity contribution >= 4 is 6.29 Å². The van der Waals surface area contributed by atoms with Crippen molar-refractivity contribution < 1.29 is 9.53 Å². The number of fused-ring (bicyclic) bond motifs is 1. The second-order valence-electron chi connectivity index (χ2n) is 6.13. The number of hydrogen-bond donors (Lipinski definition) is 0. The van der Waals surface area contributed by atoms with Gasteiger partial charge in [0.2, 0.25) is 0 Å². The van der Waals surface area contributed by atoms with E-state index in [0.717, 1.165) is 30.2 Å². The molecular weight excluding hydrogens is 286 g/mol. The lowest BCUT2D eigenvalue weighted by molar-refractivity contribution is -0.107. The summed E-state index contributed by atoms with van der Waals surface area (Å²) in [5, 5.41) is 0. The maximum absolute atomic E-state index is 10.1. The largest absolute Gasteiger partial charge is 0.500 e. The molecule has 0 aromatic heterocycles. The van der Waals surface area contributed by atoms with E-state index in [9.17, 15) is 4.79 Å². The zero-order valence-electron chi connectivity index (χ0n) is 14.5. The van der Waals surface area contributed by atoms with Crippen molar-refractivity contribution in [3.05, 3.63) is 36.8 Å². The molecule has 0 aromatic carbocycles. The SMILES string of the molecule is C1#CCC2CC2CC/C=C\1.C=C(CN(C)C(=C)CCC=O)OC. The van der Waals surface area contributed by atoms with Gasteiger partial charge in [-0.15, -0.1) is 0 Å². The van der Waals surface area contributed by atoms with Crippen LogP contribution >= 0.6 is 0 Å². The van der Waals surface area contributed by atoms with E-state index in [-0.39, 0.29) is 0 Å². The Morgan fingerprint density at radius 1 is 1.43 bits per heavy atom. The highest BCUT2D eigenvalue weighted by Gasteiger charge is 2.34. The van der Waals surface area contributed by atoms with Crippen LogP contribution in [-0.2, 0) is 9.53 Å². The molecule has 3 nitrogen and oxygen atoms in total. The smallest absolute Gasteiger partial charge is 0.120 e. The van der Waals surface area contributed by atoms with Crippen LogP contribution in [0, 0.1) is 23.7 Å². The highest BCUT2D eigenvalue weighted by molar-refractivity contribution is 5.49. The molecule has 0 amide bonds. The van der Waals surface area contributed by atoms with E-state index in [1.54, 1.807) is 7.11 Å². The van der Waals surface area contributed by atoms with E-state index >= 15 is 0 Å². The highest BCUT2D eigenvalue weighted by atomic mass is 16.5. The number of aldehydes is 1. The molecule has 126 valence electrons. The summed E-state index contributed by atoms with van der Waals surface area (Å²) >= 11 is 0. The summed E-state index contributed by atoms with van der Waals surface area (Å²) in [4.78, 5) is 12.0. The first kappa shape index (κ1) is 19.1. The minimum atomic E-state index is 0.516. The van der Waals surface area contributed by atoms with Crippen LogP contribution in [0.4, 0.5) is 0 Å². The van der Waals surface area contributed by atoms with Gasteiger partial charge < -0.3 is 14.4 Å². The van der Waals surface area contributed by atoms with Crippen LogP contribution < -0.4 is 0 Å². The molecule has 0 saturated heterocycles. The van der Waals surface area contributed by atoms with E-state index < -0.39 is 0 Å². The Morgan fingerprint density at radius 3 is 2.91 bits per heavy atom. The Hall–Kier alpha value is -1.95. The van der Waals surface area contributed by atoms with Gasteiger partial charge in [-0.1, -0.05) is 31.1 Å². The average Bonchev–Trinajstić information content (AvgIpc) is 3.28. The van der Waals surface area contributed by atoms with Gasteiger partial charge in [0.05, 0.1) is 13.7 Å². The van der Waals surface area contributed by atoms with Crippen molar-refractivity contribution in [2.45, 2.75) is 38.5 Å². The van der Waals surface area contributed by atoms with Crippen molar-refractivity contribution in [3.8, 4) is 11.8 Å². The highest BCUT2D eigenvalue weighted by Crippen LogP contribution is 2.44. The minimum absolute atomic E-state index is 0.516. The summed E-state index contributed by atoms with van der Waals surface area (Å²) in [6.45, 7) is 8.17. The molecule has 0 radical (unpaired) electrons. The van der Waals surface area contributed by atoms with Gasteiger partial charge in [0, 0.05) is 25.6 Å². The van der Waals surface area contributed by atoms with Crippen LogP contribution in [0.1, 0.15) is 38.5 Å². The fourth-order valence-electron chi connectivity index (χ4n) is 2.47. The molecular formula is C20H29NO2. The van der Waals surface area contributed by atoms with Crippen LogP contribution in [0.3, 0.4) is 0 Å². The van der Waals surface area contributed by atoms with Gasteiger partial charge in [-0.3, -0.25) is 0 Å². The number of nitrogens with zero attached hydrogens (tertiary/aromatic N) is 1. The summed E-state index contributed by atoms with van der Waals surface area (Å²) in [6, 6.07) is 0. The Morgan fingerprint density at radius 2 is 2.22 bits per heavy atom. The van der Waals surface area contributed by atoms with Crippen LogP contribution in [0.25, 0.3) is 0 Å². The third-order valence-corrected chi connectivity index (χ3v) is 4.23. The van der Waals surface area contributed by atoms with E-state index in [1.165, 1.54) is 19.3 Å².